The minimum absolute atomic E-state index is 0.173. The first-order valence-electron chi connectivity index (χ1n) is 10.9. The Bertz CT molecular complexity index is 1120. The lowest BCUT2D eigenvalue weighted by Crippen LogP contribution is -2.26. The Kier molecular flexibility index (Phi) is 11.0. The number of methoxy groups -OCH3 is 1. The molecule has 0 aliphatic heterocycles. The summed E-state index contributed by atoms with van der Waals surface area (Å²) in [6.07, 6.45) is -1.63. The summed E-state index contributed by atoms with van der Waals surface area (Å²) in [5.74, 6) is 0.422. The molecule has 0 radical (unpaired) electrons. The van der Waals surface area contributed by atoms with E-state index in [1.165, 1.54) is 6.20 Å². The smallest absolute Gasteiger partial charge is 0.383 e. The molecule has 1 aromatic heterocycles. The van der Waals surface area contributed by atoms with Crippen LogP contribution in [0.4, 0.5) is 13.2 Å². The van der Waals surface area contributed by atoms with Crippen molar-refractivity contribution in [3.8, 4) is 11.1 Å². The van der Waals surface area contributed by atoms with Crippen molar-refractivity contribution in [2.75, 3.05) is 26.0 Å². The molecule has 1 N–H and O–H groups in total. The van der Waals surface area contributed by atoms with Gasteiger partial charge in [0.15, 0.2) is 0 Å². The third kappa shape index (κ3) is 8.26. The van der Waals surface area contributed by atoms with Crippen LogP contribution < -0.4 is 5.32 Å². The molecule has 0 spiro atoms. The highest BCUT2D eigenvalue weighted by molar-refractivity contribution is 7.99. The highest BCUT2D eigenvalue weighted by Gasteiger charge is 2.30. The van der Waals surface area contributed by atoms with E-state index >= 15 is 0 Å². The first-order chi connectivity index (χ1) is 16.8. The molecule has 0 bridgehead atoms. The second-order valence-corrected chi connectivity index (χ2v) is 8.56. The standard InChI is InChI=1S/C25H25F3N2O2S.C2H4/c1-17-5-3-8-22(19-6-4-7-20(14-19)24(31)30-10-11-32-2)23(17)33-12-9-18-13-21(16-29-15-18)25(26,27)28;1-2/h3-8,13-16H,9-12H2,1-2H3,(H,30,31);1-2H2. The van der Waals surface area contributed by atoms with E-state index in [4.69, 9.17) is 4.74 Å². The maximum absolute atomic E-state index is 12.9. The maximum Gasteiger partial charge on any atom is 0.417 e. The van der Waals surface area contributed by atoms with E-state index in [1.54, 1.807) is 24.9 Å². The quantitative estimate of drug-likeness (QED) is 0.204. The molecule has 2 aromatic carbocycles. The molecule has 186 valence electrons. The van der Waals surface area contributed by atoms with Gasteiger partial charge in [0.05, 0.1) is 12.2 Å². The van der Waals surface area contributed by atoms with Crippen molar-refractivity contribution in [2.24, 2.45) is 0 Å². The topological polar surface area (TPSA) is 51.2 Å². The minimum atomic E-state index is -4.40. The monoisotopic (exact) mass is 502 g/mol. The van der Waals surface area contributed by atoms with Crippen LogP contribution in [-0.2, 0) is 17.3 Å². The number of hydrogen-bond donors (Lipinski definition) is 1. The average molecular weight is 503 g/mol. The molecule has 1 amide bonds. The summed E-state index contributed by atoms with van der Waals surface area (Å²) in [4.78, 5) is 17.2. The number of aryl methyl sites for hydroxylation is 2. The van der Waals surface area contributed by atoms with Gasteiger partial charge in [0.2, 0.25) is 0 Å². The fourth-order valence-corrected chi connectivity index (χ4v) is 4.50. The maximum atomic E-state index is 12.9. The van der Waals surface area contributed by atoms with Crippen LogP contribution in [0.15, 0.2) is 79.0 Å². The molecule has 35 heavy (non-hydrogen) atoms. The van der Waals surface area contributed by atoms with Crippen LogP contribution in [-0.4, -0.2) is 36.9 Å². The van der Waals surface area contributed by atoms with Crippen molar-refractivity contribution in [1.82, 2.24) is 10.3 Å². The van der Waals surface area contributed by atoms with Crippen LogP contribution in [0.5, 0.6) is 0 Å². The van der Waals surface area contributed by atoms with Crippen molar-refractivity contribution < 1.29 is 22.7 Å². The summed E-state index contributed by atoms with van der Waals surface area (Å²) >= 11 is 1.58. The Balaban J connectivity index is 0.00000210. The molecule has 0 aliphatic rings. The molecule has 4 nitrogen and oxygen atoms in total. The zero-order chi connectivity index (χ0) is 25.8. The Hall–Kier alpha value is -3.10. The largest absolute Gasteiger partial charge is 0.417 e. The van der Waals surface area contributed by atoms with E-state index < -0.39 is 11.7 Å². The molecule has 0 unspecified atom stereocenters. The molecule has 0 saturated carbocycles. The Morgan fingerprint density at radius 1 is 1.11 bits per heavy atom. The summed E-state index contributed by atoms with van der Waals surface area (Å²) in [5, 5.41) is 2.82. The van der Waals surface area contributed by atoms with Gasteiger partial charge < -0.3 is 10.1 Å². The van der Waals surface area contributed by atoms with Crippen LogP contribution >= 0.6 is 11.8 Å². The molecule has 3 aromatic rings. The normalized spacial score (nSPS) is 10.9. The van der Waals surface area contributed by atoms with Crippen LogP contribution in [0.3, 0.4) is 0 Å². The summed E-state index contributed by atoms with van der Waals surface area (Å²) < 4.78 is 43.8. The van der Waals surface area contributed by atoms with E-state index in [-0.39, 0.29) is 5.91 Å². The van der Waals surface area contributed by atoms with Gasteiger partial charge >= 0.3 is 6.18 Å². The molecule has 0 fully saturated rings. The van der Waals surface area contributed by atoms with Crippen molar-refractivity contribution in [1.29, 1.82) is 0 Å². The van der Waals surface area contributed by atoms with Crippen LogP contribution in [0, 0.1) is 6.92 Å². The summed E-state index contributed by atoms with van der Waals surface area (Å²) in [7, 11) is 1.58. The number of alkyl halides is 3. The number of carbonyl (C=O) groups is 1. The summed E-state index contributed by atoms with van der Waals surface area (Å²) in [6.45, 7) is 8.86. The van der Waals surface area contributed by atoms with Crippen molar-refractivity contribution >= 4 is 17.7 Å². The summed E-state index contributed by atoms with van der Waals surface area (Å²) in [5.41, 5.74) is 3.31. The molecule has 0 aliphatic carbocycles. The van der Waals surface area contributed by atoms with Gasteiger partial charge in [-0.1, -0.05) is 30.3 Å². The fourth-order valence-electron chi connectivity index (χ4n) is 3.32. The second kappa shape index (κ2) is 13.7. The van der Waals surface area contributed by atoms with Gasteiger partial charge in [0, 0.05) is 42.3 Å². The highest BCUT2D eigenvalue weighted by Crippen LogP contribution is 2.35. The van der Waals surface area contributed by atoms with Crippen LogP contribution in [0.1, 0.15) is 27.0 Å². The van der Waals surface area contributed by atoms with Gasteiger partial charge in [-0.05, 0) is 53.8 Å². The predicted octanol–water partition coefficient (Wildman–Crippen LogP) is 6.59. The van der Waals surface area contributed by atoms with Gasteiger partial charge in [-0.3, -0.25) is 9.78 Å². The lowest BCUT2D eigenvalue weighted by molar-refractivity contribution is -0.137. The third-order valence-corrected chi connectivity index (χ3v) is 6.24. The number of thioether (sulfide) groups is 1. The highest BCUT2D eigenvalue weighted by atomic mass is 32.2. The zero-order valence-corrected chi connectivity index (χ0v) is 20.6. The SMILES string of the molecule is C=C.COCCNC(=O)c1cccc(-c2cccc(C)c2SCCc2cncc(C(F)(F)F)c2)c1. The zero-order valence-electron chi connectivity index (χ0n) is 19.8. The van der Waals surface area contributed by atoms with Crippen molar-refractivity contribution in [2.45, 2.75) is 24.4 Å². The number of pyridine rings is 1. The number of hydrogen-bond acceptors (Lipinski definition) is 4. The van der Waals surface area contributed by atoms with E-state index in [2.05, 4.69) is 23.5 Å². The number of rotatable bonds is 9. The Labute approximate surface area is 208 Å². The number of ether oxygens (including phenoxy) is 1. The number of amides is 1. The van der Waals surface area contributed by atoms with E-state index in [9.17, 15) is 18.0 Å². The second-order valence-electron chi connectivity index (χ2n) is 7.46. The number of halogens is 3. The number of benzene rings is 2. The minimum Gasteiger partial charge on any atom is -0.383 e. The molecule has 1 heterocycles. The van der Waals surface area contributed by atoms with Gasteiger partial charge in [-0.15, -0.1) is 24.9 Å². The van der Waals surface area contributed by atoms with Gasteiger partial charge in [0.25, 0.3) is 5.91 Å². The van der Waals surface area contributed by atoms with Gasteiger partial charge in [-0.25, -0.2) is 0 Å². The molecular weight excluding hydrogens is 473 g/mol. The van der Waals surface area contributed by atoms with Crippen LogP contribution in [0.2, 0.25) is 0 Å². The number of aromatic nitrogens is 1. The lowest BCUT2D eigenvalue weighted by Gasteiger charge is -2.14. The molecule has 8 heteroatoms. The molecular formula is C27H29F3N2O2S. The molecule has 3 rings (SSSR count). The summed E-state index contributed by atoms with van der Waals surface area (Å²) in [6, 6.07) is 14.5. The van der Waals surface area contributed by atoms with Gasteiger partial charge in [0.1, 0.15) is 0 Å². The van der Waals surface area contributed by atoms with Crippen molar-refractivity contribution in [3.05, 3.63) is 96.3 Å². The third-order valence-electron chi connectivity index (χ3n) is 5.00. The Morgan fingerprint density at radius 3 is 2.57 bits per heavy atom. The number of nitrogens with one attached hydrogen (secondary N) is 1. The Morgan fingerprint density at radius 2 is 1.86 bits per heavy atom. The number of carbonyl (C=O) groups excluding carboxylic acids is 1. The first kappa shape index (κ1) is 28.1. The van der Waals surface area contributed by atoms with E-state index in [1.807, 2.05) is 43.3 Å². The molecule has 0 saturated heterocycles. The average Bonchev–Trinajstić information content (AvgIpc) is 2.86. The molecule has 0 atom stereocenters. The van der Waals surface area contributed by atoms with Crippen LogP contribution in [0.25, 0.3) is 11.1 Å². The number of nitrogens with zero attached hydrogens (tertiary/aromatic N) is 1. The fraction of sp³-hybridized carbons (Fsp3) is 0.259. The van der Waals surface area contributed by atoms with E-state index in [0.29, 0.717) is 36.5 Å². The van der Waals surface area contributed by atoms with Gasteiger partial charge in [-0.2, -0.15) is 13.2 Å². The van der Waals surface area contributed by atoms with Crippen molar-refractivity contribution in [3.63, 3.8) is 0 Å². The lowest BCUT2D eigenvalue weighted by atomic mass is 10.0. The predicted molar refractivity (Wildman–Crippen MR) is 136 cm³/mol. The van der Waals surface area contributed by atoms with E-state index in [0.717, 1.165) is 33.8 Å². The first-order valence-corrected chi connectivity index (χ1v) is 11.9.